The Kier molecular flexibility index (Phi) is 4.17. The number of hydrogen-bond donors (Lipinski definition) is 1. The molecule has 0 heterocycles. The minimum atomic E-state index is -0.781. The van der Waals surface area contributed by atoms with Gasteiger partial charge in [-0.1, -0.05) is 38.1 Å². The molecule has 0 spiro atoms. The number of carbonyl (C=O) groups is 1. The van der Waals surface area contributed by atoms with Gasteiger partial charge in [0.15, 0.2) is 0 Å². The van der Waals surface area contributed by atoms with Crippen LogP contribution in [0.4, 0.5) is 0 Å². The first-order chi connectivity index (χ1) is 8.19. The predicted molar refractivity (Wildman–Crippen MR) is 71.8 cm³/mol. The third kappa shape index (κ3) is 3.33. The maximum absolute atomic E-state index is 10.9. The summed E-state index contributed by atoms with van der Waals surface area (Å²) in [5, 5.41) is 8.96. The summed E-state index contributed by atoms with van der Waals surface area (Å²) in [5.41, 5.74) is 1.33. The second kappa shape index (κ2) is 5.11. The monoisotopic (exact) mass is 250 g/mol. The van der Waals surface area contributed by atoms with Crippen molar-refractivity contribution in [3.63, 3.8) is 0 Å². The van der Waals surface area contributed by atoms with Crippen LogP contribution in [0.1, 0.15) is 45.2 Å². The van der Waals surface area contributed by atoms with Gasteiger partial charge in [-0.15, -0.1) is 0 Å². The average molecular weight is 250 g/mol. The Morgan fingerprint density at radius 1 is 1.22 bits per heavy atom. The minimum absolute atomic E-state index is 0.115. The number of carboxylic acids is 1. The highest BCUT2D eigenvalue weighted by Gasteiger charge is 2.26. The number of ether oxygens (including phenoxy) is 1. The Balaban J connectivity index is 3.13. The molecule has 0 radical (unpaired) electrons. The smallest absolute Gasteiger partial charge is 0.304 e. The first-order valence-corrected chi connectivity index (χ1v) is 6.07. The third-order valence-corrected chi connectivity index (χ3v) is 3.44. The molecule has 1 aromatic carbocycles. The number of hydrogen-bond acceptors (Lipinski definition) is 2. The van der Waals surface area contributed by atoms with Crippen molar-refractivity contribution in [2.24, 2.45) is 0 Å². The van der Waals surface area contributed by atoms with Crippen LogP contribution in [0.3, 0.4) is 0 Å². The minimum Gasteiger partial charge on any atom is -0.481 e. The third-order valence-electron chi connectivity index (χ3n) is 3.44. The lowest BCUT2D eigenvalue weighted by Gasteiger charge is -2.28. The van der Waals surface area contributed by atoms with Gasteiger partial charge in [0, 0.05) is 12.5 Å². The molecule has 0 bridgehead atoms. The van der Waals surface area contributed by atoms with Gasteiger partial charge in [0.05, 0.1) is 12.0 Å². The molecule has 0 unspecified atom stereocenters. The molecule has 1 N–H and O–H groups in total. The summed E-state index contributed by atoms with van der Waals surface area (Å²) < 4.78 is 5.46. The molecule has 3 nitrogen and oxygen atoms in total. The van der Waals surface area contributed by atoms with Crippen LogP contribution < -0.4 is 0 Å². The Morgan fingerprint density at radius 3 is 2.28 bits per heavy atom. The highest BCUT2D eigenvalue weighted by Crippen LogP contribution is 2.31. The fourth-order valence-corrected chi connectivity index (χ4v) is 1.91. The van der Waals surface area contributed by atoms with E-state index in [9.17, 15) is 4.79 Å². The molecular weight excluding hydrogens is 228 g/mol. The zero-order valence-electron chi connectivity index (χ0n) is 11.8. The Morgan fingerprint density at radius 2 is 1.78 bits per heavy atom. The summed E-state index contributed by atoms with van der Waals surface area (Å²) >= 11 is 0. The molecule has 0 aliphatic rings. The second-order valence-corrected chi connectivity index (χ2v) is 5.75. The number of rotatable bonds is 5. The topological polar surface area (TPSA) is 46.5 Å². The molecule has 18 heavy (non-hydrogen) atoms. The molecule has 0 aromatic heterocycles. The maximum Gasteiger partial charge on any atom is 0.304 e. The van der Waals surface area contributed by atoms with E-state index in [4.69, 9.17) is 9.84 Å². The van der Waals surface area contributed by atoms with Crippen LogP contribution in [0.15, 0.2) is 24.3 Å². The molecule has 1 aromatic rings. The fourth-order valence-electron chi connectivity index (χ4n) is 1.91. The van der Waals surface area contributed by atoms with Gasteiger partial charge in [-0.25, -0.2) is 0 Å². The average Bonchev–Trinajstić information content (AvgIpc) is 2.27. The zero-order valence-corrected chi connectivity index (χ0v) is 11.8. The fraction of sp³-hybridized carbons (Fsp3) is 0.533. The second-order valence-electron chi connectivity index (χ2n) is 5.75. The van der Waals surface area contributed by atoms with Gasteiger partial charge in [-0.05, 0) is 25.0 Å². The van der Waals surface area contributed by atoms with Crippen LogP contribution >= 0.6 is 0 Å². The summed E-state index contributed by atoms with van der Waals surface area (Å²) in [7, 11) is 1.68. The lowest BCUT2D eigenvalue weighted by Crippen LogP contribution is -2.24. The van der Waals surface area contributed by atoms with Crippen LogP contribution in [-0.2, 0) is 20.5 Å². The van der Waals surface area contributed by atoms with Crippen molar-refractivity contribution in [1.82, 2.24) is 0 Å². The first kappa shape index (κ1) is 14.7. The zero-order chi connectivity index (χ0) is 14.0. The molecule has 0 amide bonds. The molecule has 0 aliphatic heterocycles. The number of benzene rings is 1. The van der Waals surface area contributed by atoms with Crippen molar-refractivity contribution >= 4 is 5.97 Å². The van der Waals surface area contributed by atoms with Gasteiger partial charge in [-0.3, -0.25) is 4.79 Å². The SMILES string of the molecule is COC(C)(C)c1cccc(C(C)(C)CC(=O)O)c1. The van der Waals surface area contributed by atoms with Gasteiger partial charge in [0.25, 0.3) is 0 Å². The molecule has 0 saturated carbocycles. The van der Waals surface area contributed by atoms with Crippen LogP contribution in [0.25, 0.3) is 0 Å². The van der Waals surface area contributed by atoms with Gasteiger partial charge >= 0.3 is 5.97 Å². The normalized spacial score (nSPS) is 12.5. The Bertz CT molecular complexity index is 433. The van der Waals surface area contributed by atoms with E-state index >= 15 is 0 Å². The summed E-state index contributed by atoms with van der Waals surface area (Å²) in [6.07, 6.45) is 0.115. The van der Waals surface area contributed by atoms with Crippen LogP contribution in [0.5, 0.6) is 0 Å². The molecule has 3 heteroatoms. The van der Waals surface area contributed by atoms with E-state index in [-0.39, 0.29) is 17.4 Å². The Hall–Kier alpha value is -1.35. The van der Waals surface area contributed by atoms with Gasteiger partial charge in [0.2, 0.25) is 0 Å². The largest absolute Gasteiger partial charge is 0.481 e. The molecule has 0 saturated heterocycles. The summed E-state index contributed by atoms with van der Waals surface area (Å²) in [4.78, 5) is 10.9. The van der Waals surface area contributed by atoms with E-state index in [1.54, 1.807) is 7.11 Å². The van der Waals surface area contributed by atoms with Crippen molar-refractivity contribution in [2.45, 2.75) is 45.1 Å². The van der Waals surface area contributed by atoms with Crippen molar-refractivity contribution in [3.05, 3.63) is 35.4 Å². The standard InChI is InChI=1S/C15H22O3/c1-14(2,10-13(16)17)11-7-6-8-12(9-11)15(3,4)18-5/h6-9H,10H2,1-5H3,(H,16,17). The van der Waals surface area contributed by atoms with Gasteiger partial charge < -0.3 is 9.84 Å². The molecular formula is C15H22O3. The number of carboxylic acid groups (broad SMARTS) is 1. The lowest BCUT2D eigenvalue weighted by atomic mass is 9.80. The highest BCUT2D eigenvalue weighted by molar-refractivity contribution is 5.68. The van der Waals surface area contributed by atoms with Crippen molar-refractivity contribution < 1.29 is 14.6 Å². The van der Waals surface area contributed by atoms with Crippen molar-refractivity contribution in [1.29, 1.82) is 0 Å². The molecule has 0 atom stereocenters. The van der Waals surface area contributed by atoms with Crippen molar-refractivity contribution in [2.75, 3.05) is 7.11 Å². The number of methoxy groups -OCH3 is 1. The van der Waals surface area contributed by atoms with E-state index in [1.807, 2.05) is 52.0 Å². The van der Waals surface area contributed by atoms with Crippen LogP contribution in [-0.4, -0.2) is 18.2 Å². The Labute approximate surface area is 109 Å². The van der Waals surface area contributed by atoms with E-state index in [1.165, 1.54) is 0 Å². The molecule has 1 rings (SSSR count). The van der Waals surface area contributed by atoms with E-state index < -0.39 is 5.97 Å². The molecule has 0 aliphatic carbocycles. The summed E-state index contributed by atoms with van der Waals surface area (Å²) in [6.45, 7) is 7.88. The van der Waals surface area contributed by atoms with E-state index in [0.29, 0.717) is 0 Å². The maximum atomic E-state index is 10.9. The van der Waals surface area contributed by atoms with Gasteiger partial charge in [-0.2, -0.15) is 0 Å². The van der Waals surface area contributed by atoms with Crippen LogP contribution in [0, 0.1) is 0 Å². The summed E-state index contributed by atoms with van der Waals surface area (Å²) in [6, 6.07) is 7.96. The molecule has 0 fully saturated rings. The molecule has 100 valence electrons. The van der Waals surface area contributed by atoms with E-state index in [0.717, 1.165) is 11.1 Å². The number of aliphatic carboxylic acids is 1. The van der Waals surface area contributed by atoms with Crippen molar-refractivity contribution in [3.8, 4) is 0 Å². The predicted octanol–water partition coefficient (Wildman–Crippen LogP) is 3.32. The lowest BCUT2D eigenvalue weighted by molar-refractivity contribution is -0.138. The highest BCUT2D eigenvalue weighted by atomic mass is 16.5. The quantitative estimate of drug-likeness (QED) is 0.872. The van der Waals surface area contributed by atoms with Gasteiger partial charge in [0.1, 0.15) is 0 Å². The first-order valence-electron chi connectivity index (χ1n) is 6.07. The summed E-state index contributed by atoms with van der Waals surface area (Å²) in [5.74, 6) is -0.781. The van der Waals surface area contributed by atoms with Crippen LogP contribution in [0.2, 0.25) is 0 Å². The van der Waals surface area contributed by atoms with E-state index in [2.05, 4.69) is 0 Å².